The Hall–Kier alpha value is -1.12. The number of hydrogen-bond donors (Lipinski definition) is 2. The zero-order chi connectivity index (χ0) is 12.2. The standard InChI is InChI=1S/C11H20N2O3/c1-2-4-10(9-12)11(15)13-5-3-7-16-8-6-14/h10,14H,2-8H2,1H3,(H,13,15). The van der Waals surface area contributed by atoms with Crippen molar-refractivity contribution in [3.05, 3.63) is 0 Å². The van der Waals surface area contributed by atoms with Crippen LogP contribution in [0.15, 0.2) is 0 Å². The third kappa shape index (κ3) is 7.21. The van der Waals surface area contributed by atoms with Crippen LogP contribution < -0.4 is 5.32 Å². The highest BCUT2D eigenvalue weighted by Gasteiger charge is 2.15. The third-order valence-electron chi connectivity index (χ3n) is 2.05. The van der Waals surface area contributed by atoms with Crippen LogP contribution in [-0.4, -0.2) is 37.4 Å². The normalized spacial score (nSPS) is 11.8. The summed E-state index contributed by atoms with van der Waals surface area (Å²) in [4.78, 5) is 11.4. The van der Waals surface area contributed by atoms with Gasteiger partial charge in [-0.15, -0.1) is 0 Å². The quantitative estimate of drug-likeness (QED) is 0.561. The van der Waals surface area contributed by atoms with Crippen LogP contribution in [0.1, 0.15) is 26.2 Å². The van der Waals surface area contributed by atoms with Gasteiger partial charge in [-0.1, -0.05) is 13.3 Å². The van der Waals surface area contributed by atoms with Gasteiger partial charge in [0.1, 0.15) is 5.92 Å². The highest BCUT2D eigenvalue weighted by Crippen LogP contribution is 2.04. The van der Waals surface area contributed by atoms with E-state index in [1.165, 1.54) is 0 Å². The molecule has 2 N–H and O–H groups in total. The predicted molar refractivity (Wildman–Crippen MR) is 59.5 cm³/mol. The summed E-state index contributed by atoms with van der Waals surface area (Å²) in [7, 11) is 0. The lowest BCUT2D eigenvalue weighted by Crippen LogP contribution is -2.31. The van der Waals surface area contributed by atoms with Crippen molar-refractivity contribution >= 4 is 5.91 Å². The van der Waals surface area contributed by atoms with Crippen LogP contribution in [0.25, 0.3) is 0 Å². The van der Waals surface area contributed by atoms with E-state index in [1.54, 1.807) is 0 Å². The van der Waals surface area contributed by atoms with Gasteiger partial charge in [0.2, 0.25) is 5.91 Å². The minimum atomic E-state index is -0.539. The Morgan fingerprint density at radius 2 is 2.31 bits per heavy atom. The zero-order valence-electron chi connectivity index (χ0n) is 9.74. The van der Waals surface area contributed by atoms with Gasteiger partial charge in [0, 0.05) is 13.2 Å². The van der Waals surface area contributed by atoms with E-state index in [2.05, 4.69) is 5.32 Å². The number of ether oxygens (including phenoxy) is 1. The molecular weight excluding hydrogens is 208 g/mol. The number of hydrogen-bond acceptors (Lipinski definition) is 4. The van der Waals surface area contributed by atoms with E-state index in [4.69, 9.17) is 15.1 Å². The first-order chi connectivity index (χ1) is 7.76. The van der Waals surface area contributed by atoms with Crippen molar-refractivity contribution in [2.24, 2.45) is 5.92 Å². The Labute approximate surface area is 96.4 Å². The molecule has 0 aliphatic heterocycles. The average Bonchev–Trinajstić information content (AvgIpc) is 2.30. The molecule has 0 aliphatic rings. The summed E-state index contributed by atoms with van der Waals surface area (Å²) in [5.41, 5.74) is 0. The van der Waals surface area contributed by atoms with Crippen LogP contribution >= 0.6 is 0 Å². The molecule has 1 atom stereocenters. The van der Waals surface area contributed by atoms with Crippen molar-refractivity contribution in [1.82, 2.24) is 5.32 Å². The van der Waals surface area contributed by atoms with Crippen LogP contribution in [-0.2, 0) is 9.53 Å². The minimum Gasteiger partial charge on any atom is -0.394 e. The molecule has 1 unspecified atom stereocenters. The molecule has 92 valence electrons. The van der Waals surface area contributed by atoms with E-state index in [1.807, 2.05) is 13.0 Å². The molecule has 5 nitrogen and oxygen atoms in total. The molecule has 0 spiro atoms. The Morgan fingerprint density at radius 3 is 2.88 bits per heavy atom. The second kappa shape index (κ2) is 10.4. The number of nitriles is 1. The predicted octanol–water partition coefficient (Wildman–Crippen LogP) is 0.441. The number of rotatable bonds is 9. The third-order valence-corrected chi connectivity index (χ3v) is 2.05. The number of aliphatic hydroxyl groups is 1. The Kier molecular flexibility index (Phi) is 9.67. The number of aliphatic hydroxyl groups excluding tert-OH is 1. The van der Waals surface area contributed by atoms with Gasteiger partial charge in [-0.3, -0.25) is 4.79 Å². The largest absolute Gasteiger partial charge is 0.394 e. The summed E-state index contributed by atoms with van der Waals surface area (Å²) >= 11 is 0. The molecule has 0 saturated heterocycles. The number of amides is 1. The molecule has 16 heavy (non-hydrogen) atoms. The van der Waals surface area contributed by atoms with E-state index in [9.17, 15) is 4.79 Å². The van der Waals surface area contributed by atoms with Crippen LogP contribution in [0.4, 0.5) is 0 Å². The summed E-state index contributed by atoms with van der Waals surface area (Å²) in [6.45, 7) is 3.29. The summed E-state index contributed by atoms with van der Waals surface area (Å²) in [6, 6.07) is 1.99. The molecule has 0 aromatic heterocycles. The molecular formula is C11H20N2O3. The topological polar surface area (TPSA) is 82.4 Å². The fourth-order valence-corrected chi connectivity index (χ4v) is 1.22. The molecule has 0 aromatic rings. The van der Waals surface area contributed by atoms with Crippen molar-refractivity contribution in [2.75, 3.05) is 26.4 Å². The lowest BCUT2D eigenvalue weighted by molar-refractivity contribution is -0.123. The first-order valence-corrected chi connectivity index (χ1v) is 5.62. The molecule has 1 amide bonds. The maximum Gasteiger partial charge on any atom is 0.237 e. The van der Waals surface area contributed by atoms with E-state index in [0.29, 0.717) is 32.6 Å². The van der Waals surface area contributed by atoms with Gasteiger partial charge in [0.25, 0.3) is 0 Å². The Balaban J connectivity index is 3.53. The zero-order valence-corrected chi connectivity index (χ0v) is 9.74. The Bertz CT molecular complexity index is 226. The van der Waals surface area contributed by atoms with Crippen molar-refractivity contribution in [1.29, 1.82) is 5.26 Å². The Morgan fingerprint density at radius 1 is 1.56 bits per heavy atom. The van der Waals surface area contributed by atoms with Crippen molar-refractivity contribution in [2.45, 2.75) is 26.2 Å². The number of nitrogens with zero attached hydrogens (tertiary/aromatic N) is 1. The lowest BCUT2D eigenvalue weighted by atomic mass is 10.1. The average molecular weight is 228 g/mol. The highest BCUT2D eigenvalue weighted by atomic mass is 16.5. The first kappa shape index (κ1) is 14.9. The van der Waals surface area contributed by atoms with Crippen LogP contribution in [0.3, 0.4) is 0 Å². The summed E-state index contributed by atoms with van der Waals surface area (Å²) in [5, 5.41) is 19.9. The molecule has 0 bridgehead atoms. The monoisotopic (exact) mass is 228 g/mol. The number of nitrogens with one attached hydrogen (secondary N) is 1. The van der Waals surface area contributed by atoms with Crippen molar-refractivity contribution in [3.63, 3.8) is 0 Å². The van der Waals surface area contributed by atoms with E-state index in [0.717, 1.165) is 6.42 Å². The maximum atomic E-state index is 11.4. The second-order valence-electron chi connectivity index (χ2n) is 3.45. The van der Waals surface area contributed by atoms with Gasteiger partial charge < -0.3 is 15.2 Å². The van der Waals surface area contributed by atoms with Crippen molar-refractivity contribution < 1.29 is 14.6 Å². The molecule has 0 heterocycles. The molecule has 0 aromatic carbocycles. The van der Waals surface area contributed by atoms with Gasteiger partial charge in [0.15, 0.2) is 0 Å². The van der Waals surface area contributed by atoms with E-state index < -0.39 is 5.92 Å². The highest BCUT2D eigenvalue weighted by molar-refractivity contribution is 5.80. The van der Waals surface area contributed by atoms with Crippen LogP contribution in [0.2, 0.25) is 0 Å². The van der Waals surface area contributed by atoms with Gasteiger partial charge >= 0.3 is 0 Å². The summed E-state index contributed by atoms with van der Waals surface area (Å²) < 4.78 is 5.03. The number of carbonyl (C=O) groups excluding carboxylic acids is 1. The van der Waals surface area contributed by atoms with Gasteiger partial charge in [-0.25, -0.2) is 0 Å². The van der Waals surface area contributed by atoms with Crippen LogP contribution in [0.5, 0.6) is 0 Å². The van der Waals surface area contributed by atoms with E-state index in [-0.39, 0.29) is 12.5 Å². The summed E-state index contributed by atoms with van der Waals surface area (Å²) in [6.07, 6.45) is 2.12. The molecule has 0 aliphatic carbocycles. The smallest absolute Gasteiger partial charge is 0.237 e. The first-order valence-electron chi connectivity index (χ1n) is 5.62. The van der Waals surface area contributed by atoms with Gasteiger partial charge in [-0.2, -0.15) is 5.26 Å². The number of carbonyl (C=O) groups is 1. The van der Waals surface area contributed by atoms with Crippen molar-refractivity contribution in [3.8, 4) is 6.07 Å². The molecule has 0 saturated carbocycles. The van der Waals surface area contributed by atoms with E-state index >= 15 is 0 Å². The lowest BCUT2D eigenvalue weighted by Gasteiger charge is -2.09. The maximum absolute atomic E-state index is 11.4. The van der Waals surface area contributed by atoms with Crippen LogP contribution in [0, 0.1) is 17.2 Å². The second-order valence-corrected chi connectivity index (χ2v) is 3.45. The molecule has 0 fully saturated rings. The molecule has 5 heteroatoms. The fraction of sp³-hybridized carbons (Fsp3) is 0.818. The fourth-order valence-electron chi connectivity index (χ4n) is 1.22. The van der Waals surface area contributed by atoms with Gasteiger partial charge in [0.05, 0.1) is 19.3 Å². The molecule has 0 radical (unpaired) electrons. The molecule has 0 rings (SSSR count). The minimum absolute atomic E-state index is 0.0133. The summed E-state index contributed by atoms with van der Waals surface area (Å²) in [5.74, 6) is -0.741. The SMILES string of the molecule is CCCC(C#N)C(=O)NCCCOCCO. The van der Waals surface area contributed by atoms with Gasteiger partial charge in [-0.05, 0) is 12.8 Å².